The van der Waals surface area contributed by atoms with Crippen LogP contribution in [0.2, 0.25) is 0 Å². The van der Waals surface area contributed by atoms with Crippen molar-refractivity contribution in [3.8, 4) is 0 Å². The number of hydrogen-bond acceptors (Lipinski definition) is 5. The lowest BCUT2D eigenvalue weighted by Gasteiger charge is -2.08. The van der Waals surface area contributed by atoms with Gasteiger partial charge in [0.05, 0.1) is 6.20 Å². The van der Waals surface area contributed by atoms with Gasteiger partial charge in [-0.2, -0.15) is 5.10 Å². The quantitative estimate of drug-likeness (QED) is 0.609. The number of carboxylic acid groups (broad SMARTS) is 1. The number of fused-ring (bicyclic) bond motifs is 1. The summed E-state index contributed by atoms with van der Waals surface area (Å²) in [5.74, 6) is -3.24. The van der Waals surface area contributed by atoms with E-state index in [0.29, 0.717) is 11.1 Å². The van der Waals surface area contributed by atoms with Gasteiger partial charge in [-0.3, -0.25) is 9.59 Å². The summed E-state index contributed by atoms with van der Waals surface area (Å²) in [6.07, 6.45) is 1.08. The van der Waals surface area contributed by atoms with Gasteiger partial charge in [0.2, 0.25) is 0 Å². The fourth-order valence-corrected chi connectivity index (χ4v) is 2.49. The van der Waals surface area contributed by atoms with E-state index in [1.165, 1.54) is 12.1 Å². The molecule has 2 aromatic heterocycles. The van der Waals surface area contributed by atoms with Gasteiger partial charge in [0.1, 0.15) is 17.1 Å². The summed E-state index contributed by atoms with van der Waals surface area (Å²) in [7, 11) is 0. The largest absolute Gasteiger partial charge is 0.477 e. The fourth-order valence-electron chi connectivity index (χ4n) is 2.49. The Balaban J connectivity index is 1.93. The molecule has 27 heavy (non-hydrogen) atoms. The maximum atomic E-state index is 13.3. The predicted octanol–water partition coefficient (Wildman–Crippen LogP) is 0.904. The first kappa shape index (κ1) is 18.0. The van der Waals surface area contributed by atoms with Crippen molar-refractivity contribution >= 4 is 23.4 Å². The molecule has 0 aliphatic rings. The summed E-state index contributed by atoms with van der Waals surface area (Å²) < 4.78 is 14.2. The molecule has 3 aromatic rings. The van der Waals surface area contributed by atoms with Crippen molar-refractivity contribution in [2.24, 2.45) is 5.73 Å². The SMILES string of the molecule is Cc1cc(CNC(=O)c2cc(C(=O)O)n3ncc(C(N)=O)c3n2)ccc1F. The zero-order valence-corrected chi connectivity index (χ0v) is 14.1. The van der Waals surface area contributed by atoms with E-state index in [-0.39, 0.29) is 35.0 Å². The number of aromatic carboxylic acids is 1. The number of aromatic nitrogens is 3. The Morgan fingerprint density at radius 1 is 1.30 bits per heavy atom. The minimum Gasteiger partial charge on any atom is -0.477 e. The van der Waals surface area contributed by atoms with Gasteiger partial charge >= 0.3 is 5.97 Å². The van der Waals surface area contributed by atoms with Crippen LogP contribution in [0.1, 0.15) is 42.5 Å². The first-order valence-corrected chi connectivity index (χ1v) is 7.73. The lowest BCUT2D eigenvalue weighted by atomic mass is 10.1. The second-order valence-electron chi connectivity index (χ2n) is 5.76. The Labute approximate surface area is 151 Å². The van der Waals surface area contributed by atoms with Crippen LogP contribution >= 0.6 is 0 Å². The number of amides is 2. The van der Waals surface area contributed by atoms with Gasteiger partial charge in [0, 0.05) is 12.6 Å². The fraction of sp³-hybridized carbons (Fsp3) is 0.118. The molecule has 1 aromatic carbocycles. The maximum absolute atomic E-state index is 13.3. The number of halogens is 1. The predicted molar refractivity (Wildman–Crippen MR) is 90.8 cm³/mol. The summed E-state index contributed by atoms with van der Waals surface area (Å²) in [5, 5.41) is 15.7. The maximum Gasteiger partial charge on any atom is 0.354 e. The van der Waals surface area contributed by atoms with Gasteiger partial charge in [-0.25, -0.2) is 18.7 Å². The van der Waals surface area contributed by atoms with Crippen LogP contribution in [0.4, 0.5) is 4.39 Å². The number of hydrogen-bond donors (Lipinski definition) is 3. The van der Waals surface area contributed by atoms with Gasteiger partial charge in [-0.1, -0.05) is 12.1 Å². The summed E-state index contributed by atoms with van der Waals surface area (Å²) in [6, 6.07) is 5.43. The summed E-state index contributed by atoms with van der Waals surface area (Å²) in [5.41, 5.74) is 5.50. The van der Waals surface area contributed by atoms with Crippen molar-refractivity contribution in [3.63, 3.8) is 0 Å². The Bertz CT molecular complexity index is 1090. The smallest absolute Gasteiger partial charge is 0.354 e. The Kier molecular flexibility index (Phi) is 4.55. The van der Waals surface area contributed by atoms with Crippen molar-refractivity contribution in [1.29, 1.82) is 0 Å². The van der Waals surface area contributed by atoms with E-state index in [0.717, 1.165) is 16.8 Å². The third-order valence-corrected chi connectivity index (χ3v) is 3.86. The van der Waals surface area contributed by atoms with Crippen molar-refractivity contribution in [2.75, 3.05) is 0 Å². The molecule has 0 aliphatic heterocycles. The summed E-state index contributed by atoms with van der Waals surface area (Å²) >= 11 is 0. The first-order chi connectivity index (χ1) is 12.8. The number of rotatable bonds is 5. The van der Waals surface area contributed by atoms with Crippen LogP contribution in [0.5, 0.6) is 0 Å². The Morgan fingerprint density at radius 2 is 2.04 bits per heavy atom. The Morgan fingerprint density at radius 3 is 2.67 bits per heavy atom. The number of primary amides is 1. The van der Waals surface area contributed by atoms with Gasteiger partial charge in [0.15, 0.2) is 11.3 Å². The molecule has 0 atom stereocenters. The van der Waals surface area contributed by atoms with Crippen molar-refractivity contribution < 1.29 is 23.9 Å². The van der Waals surface area contributed by atoms with Crippen molar-refractivity contribution in [2.45, 2.75) is 13.5 Å². The van der Waals surface area contributed by atoms with E-state index in [1.807, 2.05) is 0 Å². The topological polar surface area (TPSA) is 140 Å². The zero-order chi connectivity index (χ0) is 19.7. The molecule has 2 heterocycles. The number of carboxylic acids is 1. The molecule has 0 unspecified atom stereocenters. The van der Waals surface area contributed by atoms with Crippen LogP contribution in [0.25, 0.3) is 5.65 Å². The van der Waals surface area contributed by atoms with E-state index in [1.54, 1.807) is 13.0 Å². The highest BCUT2D eigenvalue weighted by Crippen LogP contribution is 2.13. The molecule has 9 nitrogen and oxygen atoms in total. The van der Waals surface area contributed by atoms with E-state index in [2.05, 4.69) is 15.4 Å². The van der Waals surface area contributed by atoms with Crippen LogP contribution in [0, 0.1) is 12.7 Å². The molecule has 2 amide bonds. The number of carbonyl (C=O) groups is 3. The normalized spacial score (nSPS) is 10.7. The van der Waals surface area contributed by atoms with Gasteiger partial charge in [0.25, 0.3) is 11.8 Å². The van der Waals surface area contributed by atoms with E-state index in [4.69, 9.17) is 5.73 Å². The zero-order valence-electron chi connectivity index (χ0n) is 14.1. The lowest BCUT2D eigenvalue weighted by Crippen LogP contribution is -2.25. The summed E-state index contributed by atoms with van der Waals surface area (Å²) in [4.78, 5) is 39.3. The average molecular weight is 371 g/mol. The molecule has 0 spiro atoms. The molecule has 0 bridgehead atoms. The van der Waals surface area contributed by atoms with Gasteiger partial charge in [-0.15, -0.1) is 0 Å². The highest BCUT2D eigenvalue weighted by molar-refractivity contribution is 6.01. The van der Waals surface area contributed by atoms with Crippen molar-refractivity contribution in [1.82, 2.24) is 19.9 Å². The monoisotopic (exact) mass is 371 g/mol. The molecule has 0 saturated carbocycles. The minimum atomic E-state index is -1.36. The average Bonchev–Trinajstić information content (AvgIpc) is 3.05. The van der Waals surface area contributed by atoms with E-state index in [9.17, 15) is 23.9 Å². The van der Waals surface area contributed by atoms with Crippen LogP contribution in [-0.2, 0) is 6.54 Å². The van der Waals surface area contributed by atoms with Gasteiger partial charge < -0.3 is 16.2 Å². The third kappa shape index (κ3) is 3.45. The van der Waals surface area contributed by atoms with Crippen LogP contribution in [0.15, 0.2) is 30.5 Å². The first-order valence-electron chi connectivity index (χ1n) is 7.73. The number of benzene rings is 1. The molecule has 3 rings (SSSR count). The molecule has 4 N–H and O–H groups in total. The van der Waals surface area contributed by atoms with E-state index >= 15 is 0 Å². The molecule has 10 heteroatoms. The van der Waals surface area contributed by atoms with Crippen molar-refractivity contribution in [3.05, 3.63) is 64.4 Å². The minimum absolute atomic E-state index is 0.0805. The van der Waals surface area contributed by atoms with Crippen LogP contribution < -0.4 is 11.1 Å². The third-order valence-electron chi connectivity index (χ3n) is 3.86. The summed E-state index contributed by atoms with van der Waals surface area (Å²) in [6.45, 7) is 1.68. The second-order valence-corrected chi connectivity index (χ2v) is 5.76. The molecule has 0 fully saturated rings. The molecule has 0 aliphatic carbocycles. The highest BCUT2D eigenvalue weighted by Gasteiger charge is 2.21. The molecular weight excluding hydrogens is 357 g/mol. The number of aryl methyl sites for hydroxylation is 1. The molecule has 0 saturated heterocycles. The van der Waals surface area contributed by atoms with E-state index < -0.39 is 17.8 Å². The molecular formula is C17H14FN5O4. The van der Waals surface area contributed by atoms with Gasteiger partial charge in [-0.05, 0) is 24.1 Å². The standard InChI is InChI=1S/C17H14FN5O4/c1-8-4-9(2-3-11(8)18)6-20-16(25)12-5-13(17(26)27)23-15(22-12)10(7-21-23)14(19)24/h2-5,7H,6H2,1H3,(H2,19,24)(H,20,25)(H,26,27). The van der Waals surface area contributed by atoms with Crippen LogP contribution in [0.3, 0.4) is 0 Å². The second kappa shape index (κ2) is 6.83. The Hall–Kier alpha value is -3.82. The lowest BCUT2D eigenvalue weighted by molar-refractivity contribution is 0.0686. The number of nitrogens with one attached hydrogen (secondary N) is 1. The molecule has 138 valence electrons. The number of nitrogens with zero attached hydrogens (tertiary/aromatic N) is 3. The highest BCUT2D eigenvalue weighted by atomic mass is 19.1. The van der Waals surface area contributed by atoms with Crippen LogP contribution in [-0.4, -0.2) is 37.5 Å². The number of nitrogens with two attached hydrogens (primary N) is 1. The number of carbonyl (C=O) groups excluding carboxylic acids is 2. The molecule has 0 radical (unpaired) electrons.